The van der Waals surface area contributed by atoms with E-state index in [2.05, 4.69) is 29.0 Å². The van der Waals surface area contributed by atoms with Crippen LogP contribution >= 0.6 is 0 Å². The van der Waals surface area contributed by atoms with Gasteiger partial charge in [0.2, 0.25) is 0 Å². The topological polar surface area (TPSA) is 48.4 Å². The van der Waals surface area contributed by atoms with Gasteiger partial charge in [0.1, 0.15) is 11.5 Å². The Labute approximate surface area is 172 Å². The summed E-state index contributed by atoms with van der Waals surface area (Å²) in [5, 5.41) is 0. The quantitative estimate of drug-likeness (QED) is 0.702. The minimum absolute atomic E-state index is 0.252. The summed E-state index contributed by atoms with van der Waals surface area (Å²) >= 11 is 0. The Morgan fingerprint density at radius 2 is 1.86 bits per heavy atom. The molecule has 0 saturated heterocycles. The van der Waals surface area contributed by atoms with Crippen LogP contribution in [0.25, 0.3) is 0 Å². The summed E-state index contributed by atoms with van der Waals surface area (Å²) in [6.07, 6.45) is 9.18. The molecule has 4 rings (SSSR count). The lowest BCUT2D eigenvalue weighted by molar-refractivity contribution is -0.120. The molecule has 2 fully saturated rings. The molecule has 0 unspecified atom stereocenters. The molecule has 0 spiro atoms. The highest BCUT2D eigenvalue weighted by atomic mass is 16.5. The normalized spacial score (nSPS) is 18.7. The number of aromatic nitrogens is 1. The van der Waals surface area contributed by atoms with Gasteiger partial charge in [0, 0.05) is 19.0 Å². The Bertz CT molecular complexity index is 910. The maximum Gasteiger partial charge on any atom is 0.161 e. The smallest absolute Gasteiger partial charge is 0.161 e. The summed E-state index contributed by atoms with van der Waals surface area (Å²) in [5.41, 5.74) is 1.48. The van der Waals surface area contributed by atoms with E-state index in [1.54, 1.807) is 13.3 Å². The molecule has 4 heteroatoms. The average Bonchev–Trinajstić information content (AvgIpc) is 3.27. The van der Waals surface area contributed by atoms with Crippen molar-refractivity contribution in [3.05, 3.63) is 53.9 Å². The molecule has 2 saturated carbocycles. The van der Waals surface area contributed by atoms with E-state index < -0.39 is 0 Å². The third-order valence-electron chi connectivity index (χ3n) is 6.07. The molecule has 2 aliphatic carbocycles. The molecule has 29 heavy (non-hydrogen) atoms. The fourth-order valence-electron chi connectivity index (χ4n) is 4.31. The van der Waals surface area contributed by atoms with Crippen molar-refractivity contribution in [2.24, 2.45) is 0 Å². The van der Waals surface area contributed by atoms with Crippen LogP contribution in [0.5, 0.6) is 11.5 Å². The number of ketones is 1. The molecular weight excluding hydrogens is 362 g/mol. The van der Waals surface area contributed by atoms with Crippen LogP contribution in [-0.4, -0.2) is 24.0 Å². The maximum atomic E-state index is 11.9. The standard InChI is InChI=1S/C25H27NO3/c1-28-23-10-9-19(18-24(23)29-22-7-2-3-8-22)25(15-12-21(27)13-16-25)14-11-20-6-4-5-17-26-20/h4-6,9-10,17-18,22H,2-3,7-8,12-13,15-16H2,1H3. The SMILES string of the molecule is COc1ccc(C2(C#Cc3ccccn3)CCC(=O)CC2)cc1OC1CCCC1. The van der Waals surface area contributed by atoms with Crippen LogP contribution in [0.15, 0.2) is 42.6 Å². The van der Waals surface area contributed by atoms with E-state index in [9.17, 15) is 4.79 Å². The lowest BCUT2D eigenvalue weighted by Crippen LogP contribution is -2.30. The number of hydrogen-bond acceptors (Lipinski definition) is 4. The Kier molecular flexibility index (Phi) is 5.85. The first-order valence-electron chi connectivity index (χ1n) is 10.5. The van der Waals surface area contributed by atoms with Gasteiger partial charge in [0.15, 0.2) is 11.5 Å². The molecule has 1 aromatic heterocycles. The number of ether oxygens (including phenoxy) is 2. The molecule has 0 bridgehead atoms. The fourth-order valence-corrected chi connectivity index (χ4v) is 4.31. The van der Waals surface area contributed by atoms with Crippen molar-refractivity contribution in [1.82, 2.24) is 4.98 Å². The van der Waals surface area contributed by atoms with E-state index in [0.29, 0.717) is 18.6 Å². The van der Waals surface area contributed by atoms with Gasteiger partial charge in [0.05, 0.1) is 18.6 Å². The Hall–Kier alpha value is -2.80. The molecule has 1 heterocycles. The molecule has 2 aliphatic rings. The summed E-state index contributed by atoms with van der Waals surface area (Å²) < 4.78 is 11.9. The maximum absolute atomic E-state index is 11.9. The Morgan fingerprint density at radius 1 is 1.07 bits per heavy atom. The number of nitrogens with zero attached hydrogens (tertiary/aromatic N) is 1. The minimum atomic E-state index is -0.370. The molecule has 2 aromatic rings. The Morgan fingerprint density at radius 3 is 2.55 bits per heavy atom. The van der Waals surface area contributed by atoms with Gasteiger partial charge in [0.25, 0.3) is 0 Å². The van der Waals surface area contributed by atoms with Crippen LogP contribution in [0.2, 0.25) is 0 Å². The molecule has 0 radical (unpaired) electrons. The van der Waals surface area contributed by atoms with E-state index >= 15 is 0 Å². The number of Topliss-reactive ketones (excluding diaryl/α,β-unsaturated/α-hetero) is 1. The van der Waals surface area contributed by atoms with Gasteiger partial charge in [-0.25, -0.2) is 4.98 Å². The van der Waals surface area contributed by atoms with Crippen LogP contribution in [0.3, 0.4) is 0 Å². The third kappa shape index (κ3) is 4.45. The van der Waals surface area contributed by atoms with Crippen LogP contribution < -0.4 is 9.47 Å². The van der Waals surface area contributed by atoms with Crippen LogP contribution in [-0.2, 0) is 10.2 Å². The molecule has 4 nitrogen and oxygen atoms in total. The van der Waals surface area contributed by atoms with Gasteiger partial charge < -0.3 is 9.47 Å². The predicted octanol–water partition coefficient (Wildman–Crippen LogP) is 4.84. The van der Waals surface area contributed by atoms with Crippen molar-refractivity contribution in [2.45, 2.75) is 62.9 Å². The van der Waals surface area contributed by atoms with Crippen LogP contribution in [0.1, 0.15) is 62.6 Å². The van der Waals surface area contributed by atoms with E-state index in [1.165, 1.54) is 12.8 Å². The first kappa shape index (κ1) is 19.5. The number of hydrogen-bond donors (Lipinski definition) is 0. The minimum Gasteiger partial charge on any atom is -0.493 e. The van der Waals surface area contributed by atoms with E-state index in [1.807, 2.05) is 24.3 Å². The van der Waals surface area contributed by atoms with Gasteiger partial charge in [-0.3, -0.25) is 4.79 Å². The number of carbonyl (C=O) groups is 1. The third-order valence-corrected chi connectivity index (χ3v) is 6.07. The van der Waals surface area contributed by atoms with Crippen molar-refractivity contribution < 1.29 is 14.3 Å². The fraction of sp³-hybridized carbons (Fsp3) is 0.440. The van der Waals surface area contributed by atoms with Crippen molar-refractivity contribution in [3.8, 4) is 23.3 Å². The van der Waals surface area contributed by atoms with Gasteiger partial charge in [-0.1, -0.05) is 18.1 Å². The highest BCUT2D eigenvalue weighted by Gasteiger charge is 2.36. The van der Waals surface area contributed by atoms with Crippen LogP contribution in [0.4, 0.5) is 0 Å². The van der Waals surface area contributed by atoms with E-state index in [0.717, 1.165) is 48.4 Å². The van der Waals surface area contributed by atoms with E-state index in [4.69, 9.17) is 9.47 Å². The number of pyridine rings is 1. The second-order valence-corrected chi connectivity index (χ2v) is 7.98. The summed E-state index contributed by atoms with van der Waals surface area (Å²) in [5.74, 6) is 8.58. The van der Waals surface area contributed by atoms with Gasteiger partial charge in [-0.2, -0.15) is 0 Å². The molecule has 0 aliphatic heterocycles. The summed E-state index contributed by atoms with van der Waals surface area (Å²) in [7, 11) is 1.67. The van der Waals surface area contributed by atoms with Gasteiger partial charge in [-0.05, 0) is 74.3 Å². The lowest BCUT2D eigenvalue weighted by Gasteiger charge is -2.33. The first-order valence-corrected chi connectivity index (χ1v) is 10.5. The second-order valence-electron chi connectivity index (χ2n) is 7.98. The largest absolute Gasteiger partial charge is 0.493 e. The summed E-state index contributed by atoms with van der Waals surface area (Å²) in [6, 6.07) is 11.9. The zero-order chi connectivity index (χ0) is 20.1. The van der Waals surface area contributed by atoms with Crippen molar-refractivity contribution >= 4 is 5.78 Å². The number of methoxy groups -OCH3 is 1. The average molecular weight is 389 g/mol. The van der Waals surface area contributed by atoms with Gasteiger partial charge in [-0.15, -0.1) is 0 Å². The molecule has 0 amide bonds. The van der Waals surface area contributed by atoms with Gasteiger partial charge >= 0.3 is 0 Å². The van der Waals surface area contributed by atoms with Crippen LogP contribution in [0, 0.1) is 11.8 Å². The van der Waals surface area contributed by atoms with Crippen molar-refractivity contribution in [3.63, 3.8) is 0 Å². The van der Waals surface area contributed by atoms with Crippen molar-refractivity contribution in [2.75, 3.05) is 7.11 Å². The zero-order valence-corrected chi connectivity index (χ0v) is 16.9. The molecule has 0 atom stereocenters. The predicted molar refractivity (Wildman–Crippen MR) is 112 cm³/mol. The highest BCUT2D eigenvalue weighted by molar-refractivity contribution is 5.80. The first-order chi connectivity index (χ1) is 14.2. The number of carbonyl (C=O) groups excluding carboxylic acids is 1. The Balaban J connectivity index is 1.70. The molecule has 1 aromatic carbocycles. The lowest BCUT2D eigenvalue weighted by atomic mass is 9.69. The second kappa shape index (κ2) is 8.69. The monoisotopic (exact) mass is 389 g/mol. The zero-order valence-electron chi connectivity index (χ0n) is 16.9. The molecule has 0 N–H and O–H groups in total. The number of benzene rings is 1. The number of rotatable bonds is 4. The molecule has 150 valence electrons. The highest BCUT2D eigenvalue weighted by Crippen LogP contribution is 2.42. The van der Waals surface area contributed by atoms with Crippen molar-refractivity contribution in [1.29, 1.82) is 0 Å². The summed E-state index contributed by atoms with van der Waals surface area (Å²) in [4.78, 5) is 16.3. The summed E-state index contributed by atoms with van der Waals surface area (Å²) in [6.45, 7) is 0. The molecular formula is C25H27NO3. The van der Waals surface area contributed by atoms with E-state index in [-0.39, 0.29) is 11.5 Å².